The number of ether oxygens (including phenoxy) is 2. The van der Waals surface area contributed by atoms with Crippen molar-refractivity contribution in [3.63, 3.8) is 0 Å². The first-order chi connectivity index (χ1) is 35.9. The minimum Gasteiger partial charge on any atom is -1.00 e. The summed E-state index contributed by atoms with van der Waals surface area (Å²) >= 11 is 12.5. The van der Waals surface area contributed by atoms with E-state index in [-0.39, 0.29) is 64.3 Å². The molecule has 77 heavy (non-hydrogen) atoms. The average Bonchev–Trinajstić information content (AvgIpc) is 4.19. The minimum atomic E-state index is -0.522. The number of benzene rings is 2. The molecule has 2 saturated heterocycles. The van der Waals surface area contributed by atoms with Gasteiger partial charge in [-0.2, -0.15) is 9.97 Å². The number of hydrogen-bond acceptors (Lipinski definition) is 13. The lowest BCUT2D eigenvalue weighted by atomic mass is 10.1. The van der Waals surface area contributed by atoms with Gasteiger partial charge in [0.15, 0.2) is 0 Å². The van der Waals surface area contributed by atoms with Crippen molar-refractivity contribution in [1.82, 2.24) is 43.4 Å². The molecule has 2 amide bonds. The molecule has 412 valence electrons. The van der Waals surface area contributed by atoms with E-state index in [0.717, 1.165) is 25.7 Å². The Morgan fingerprint density at radius 1 is 0.766 bits per heavy atom. The molecule has 5 aromatic heterocycles. The first-order valence-electron chi connectivity index (χ1n) is 24.3. The van der Waals surface area contributed by atoms with Gasteiger partial charge in [0, 0.05) is 88.3 Å². The molecule has 6 N–H and O–H groups in total. The van der Waals surface area contributed by atoms with E-state index in [1.807, 2.05) is 55.6 Å². The number of anilines is 1. The fourth-order valence-electron chi connectivity index (χ4n) is 8.13. The summed E-state index contributed by atoms with van der Waals surface area (Å²) in [6.45, 7) is 13.7. The van der Waals surface area contributed by atoms with Crippen LogP contribution in [0.15, 0.2) is 94.7 Å². The maximum absolute atomic E-state index is 13.7. The summed E-state index contributed by atoms with van der Waals surface area (Å²) in [5, 5.41) is 3.80. The number of amides is 2. The third-order valence-electron chi connectivity index (χ3n) is 11.5. The predicted molar refractivity (Wildman–Crippen MR) is 284 cm³/mol. The van der Waals surface area contributed by atoms with Gasteiger partial charge < -0.3 is 50.7 Å². The topological polar surface area (TPSA) is 244 Å². The Balaban J connectivity index is 0.000000202. The SMILES string of the molecule is CC(C)(C)OC(=O)N1CCC(Nc2nccc(-c3c(-c4ccc(F)cc4Cl)nc4occn34)n2)CC1.CC(C)(C)OC(=O)N1CCC([NH+]=C(N)N)CC1.CN(C)C=CC(=O)c1c(-c2ccc(F)cc2Cl)nc2occn12.[Cl-]. The molecule has 2 aromatic carbocycles. The largest absolute Gasteiger partial charge is 1.00 e. The number of piperidine rings is 2. The second-order valence-corrected chi connectivity index (χ2v) is 20.9. The van der Waals surface area contributed by atoms with E-state index in [0.29, 0.717) is 77.6 Å². The van der Waals surface area contributed by atoms with Gasteiger partial charge in [0.05, 0.1) is 21.8 Å². The molecule has 7 heterocycles. The summed E-state index contributed by atoms with van der Waals surface area (Å²) < 4.78 is 51.7. The zero-order valence-electron chi connectivity index (χ0n) is 43.8. The van der Waals surface area contributed by atoms with Gasteiger partial charge in [-0.05, 0) is 110 Å². The fraction of sp³-hybridized carbons (Fsp3) is 0.385. The molecule has 0 spiro atoms. The molecule has 7 aromatic rings. The monoisotopic (exact) mass is 1120 g/mol. The number of fused-ring (bicyclic) bond motifs is 2. The van der Waals surface area contributed by atoms with E-state index in [9.17, 15) is 23.2 Å². The number of carbonyl (C=O) groups excluding carboxylic acids is 3. The summed E-state index contributed by atoms with van der Waals surface area (Å²) in [7, 11) is 3.62. The van der Waals surface area contributed by atoms with Crippen molar-refractivity contribution in [2.45, 2.75) is 90.5 Å². The van der Waals surface area contributed by atoms with Gasteiger partial charge >= 0.3 is 29.8 Å². The van der Waals surface area contributed by atoms with Crippen molar-refractivity contribution in [3.8, 4) is 33.9 Å². The van der Waals surface area contributed by atoms with Crippen LogP contribution in [0.25, 0.3) is 45.6 Å². The van der Waals surface area contributed by atoms with E-state index in [1.54, 1.807) is 56.0 Å². The smallest absolute Gasteiger partial charge is 0.410 e. The highest BCUT2D eigenvalue weighted by Crippen LogP contribution is 2.37. The molecule has 0 aliphatic carbocycles. The van der Waals surface area contributed by atoms with Crippen LogP contribution in [0.2, 0.25) is 10.0 Å². The number of nitrogens with two attached hydrogens (primary N) is 2. The van der Waals surface area contributed by atoms with Crippen LogP contribution >= 0.6 is 23.2 Å². The van der Waals surface area contributed by atoms with Crippen LogP contribution in [-0.2, 0) is 9.47 Å². The standard InChI is InChI=1S/C25H26ClFN6O3.C16H13ClFN3O2.C11H22N4O2.ClH/c1-25(2,3)36-24(34)32-10-7-16(8-11-32)29-22-28-9-6-19(30-22)21-20(31-23-33(21)12-13-35-23)17-5-4-15(27)14-18(17)26;1-20(2)6-5-13(22)15-14(19-16-21(15)7-8-23-16)11-4-3-10(18)9-12(11)17;1-11(2,3)17-10(16)15-6-4-8(5-7-15)14-9(12)13;/h4-6,9,12-14,16H,7-8,10-11H2,1-3H3,(H,28,29,30);3-9H,1-2H3;8H,4-7H2,1-3H3,(H4,12,13,14);1H. The number of ketones is 1. The molecular formula is C52H62Cl3F2N13O7. The lowest BCUT2D eigenvalue weighted by Gasteiger charge is -2.33. The molecule has 0 saturated carbocycles. The number of rotatable bonds is 9. The Labute approximate surface area is 459 Å². The predicted octanol–water partition coefficient (Wildman–Crippen LogP) is 5.04. The molecule has 25 heteroatoms. The van der Waals surface area contributed by atoms with Crippen LogP contribution in [0.3, 0.4) is 0 Å². The second-order valence-electron chi connectivity index (χ2n) is 20.1. The third-order valence-corrected chi connectivity index (χ3v) is 12.2. The van der Waals surface area contributed by atoms with Crippen LogP contribution in [0.5, 0.6) is 0 Å². The number of aromatic nitrogens is 6. The lowest BCUT2D eigenvalue weighted by molar-refractivity contribution is -0.509. The Hall–Kier alpha value is -7.43. The van der Waals surface area contributed by atoms with Crippen molar-refractivity contribution in [1.29, 1.82) is 0 Å². The van der Waals surface area contributed by atoms with E-state index in [4.69, 9.17) is 58.0 Å². The maximum Gasteiger partial charge on any atom is 0.410 e. The van der Waals surface area contributed by atoms with Crippen molar-refractivity contribution in [3.05, 3.63) is 113 Å². The molecule has 2 aliphatic heterocycles. The van der Waals surface area contributed by atoms with Gasteiger partial charge in [-0.1, -0.05) is 23.2 Å². The van der Waals surface area contributed by atoms with E-state index in [1.165, 1.54) is 53.3 Å². The summed E-state index contributed by atoms with van der Waals surface area (Å²) in [6, 6.07) is 10.2. The molecular weight excluding hydrogens is 1060 g/mol. The molecule has 9 rings (SSSR count). The first-order valence-corrected chi connectivity index (χ1v) is 25.1. The summed E-state index contributed by atoms with van der Waals surface area (Å²) in [5.41, 5.74) is 13.3. The second kappa shape index (κ2) is 25.2. The van der Waals surface area contributed by atoms with Crippen LogP contribution in [-0.4, -0.2) is 131 Å². The van der Waals surface area contributed by atoms with Crippen molar-refractivity contribution < 1.29 is 58.9 Å². The number of carbonyl (C=O) groups is 3. The van der Waals surface area contributed by atoms with Crippen LogP contribution in [0, 0.1) is 11.6 Å². The average molecular weight is 1130 g/mol. The maximum atomic E-state index is 13.7. The number of allylic oxidation sites excluding steroid dienone is 1. The Bertz CT molecular complexity index is 3230. The summed E-state index contributed by atoms with van der Waals surface area (Å²) in [5.74, 6) is 0.174. The molecule has 2 fully saturated rings. The Morgan fingerprint density at radius 3 is 1.79 bits per heavy atom. The van der Waals surface area contributed by atoms with Gasteiger partial charge in [0.1, 0.15) is 58.1 Å². The third kappa shape index (κ3) is 15.6. The van der Waals surface area contributed by atoms with Gasteiger partial charge in [0.25, 0.3) is 0 Å². The molecule has 0 unspecified atom stereocenters. The highest BCUT2D eigenvalue weighted by molar-refractivity contribution is 6.34. The van der Waals surface area contributed by atoms with Gasteiger partial charge in [-0.15, -0.1) is 0 Å². The van der Waals surface area contributed by atoms with E-state index < -0.39 is 22.8 Å². The van der Waals surface area contributed by atoms with Crippen LogP contribution in [0.1, 0.15) is 77.7 Å². The number of nitrogens with zero attached hydrogens (tertiary/aromatic N) is 9. The number of oxazole rings is 2. The zero-order chi connectivity index (χ0) is 55.1. The van der Waals surface area contributed by atoms with Crippen molar-refractivity contribution >= 4 is 64.8 Å². The highest BCUT2D eigenvalue weighted by Gasteiger charge is 2.30. The number of likely N-dealkylation sites (tertiary alicyclic amines) is 2. The van der Waals surface area contributed by atoms with Crippen LogP contribution < -0.4 is 34.2 Å². The number of guanidine groups is 1. The first kappa shape index (κ1) is 58.8. The van der Waals surface area contributed by atoms with E-state index >= 15 is 0 Å². The number of imidazole rings is 2. The normalized spacial score (nSPS) is 14.3. The fourth-order valence-corrected chi connectivity index (χ4v) is 8.64. The van der Waals surface area contributed by atoms with Gasteiger partial charge in [-0.25, -0.2) is 28.3 Å². The molecule has 0 radical (unpaired) electrons. The zero-order valence-corrected chi connectivity index (χ0v) is 46.1. The number of halogens is 5. The number of hydrogen-bond donors (Lipinski definition) is 4. The summed E-state index contributed by atoms with van der Waals surface area (Å²) in [6.07, 6.45) is 13.6. The molecule has 2 aliphatic rings. The number of nitrogens with one attached hydrogen (secondary N) is 2. The minimum absolute atomic E-state index is 0. The summed E-state index contributed by atoms with van der Waals surface area (Å²) in [4.78, 5) is 62.8. The lowest BCUT2D eigenvalue weighted by Crippen LogP contribution is -3.00. The highest BCUT2D eigenvalue weighted by atomic mass is 35.5. The Morgan fingerprint density at radius 2 is 1.27 bits per heavy atom. The molecule has 20 nitrogen and oxygen atoms in total. The quantitative estimate of drug-likeness (QED) is 0.0640. The van der Waals surface area contributed by atoms with Crippen LogP contribution in [0.4, 0.5) is 24.3 Å². The molecule has 0 atom stereocenters. The van der Waals surface area contributed by atoms with E-state index in [2.05, 4.69) is 25.3 Å². The van der Waals surface area contributed by atoms with Gasteiger partial charge in [0.2, 0.25) is 11.7 Å². The van der Waals surface area contributed by atoms with Crippen molar-refractivity contribution in [2.24, 2.45) is 11.5 Å². The Kier molecular flexibility index (Phi) is 19.2. The molecule has 0 bridgehead atoms. The van der Waals surface area contributed by atoms with Gasteiger partial charge in [-0.3, -0.25) is 30.1 Å². The van der Waals surface area contributed by atoms with Crippen molar-refractivity contribution in [2.75, 3.05) is 45.6 Å².